The van der Waals surface area contributed by atoms with Gasteiger partial charge in [0.25, 0.3) is 0 Å². The predicted molar refractivity (Wildman–Crippen MR) is 109 cm³/mol. The summed E-state index contributed by atoms with van der Waals surface area (Å²) in [4.78, 5) is 25.5. The van der Waals surface area contributed by atoms with Crippen molar-refractivity contribution in [1.82, 2.24) is 5.32 Å². The molecule has 1 aromatic heterocycles. The molecule has 0 fully saturated rings. The lowest BCUT2D eigenvalue weighted by Gasteiger charge is -2.24. The molecule has 2 N–H and O–H groups in total. The quantitative estimate of drug-likeness (QED) is 0.797. The van der Waals surface area contributed by atoms with E-state index in [1.54, 1.807) is 0 Å². The molecule has 138 valence electrons. The molecule has 1 aliphatic heterocycles. The lowest BCUT2D eigenvalue weighted by atomic mass is 9.93. The van der Waals surface area contributed by atoms with Crippen molar-refractivity contribution in [3.8, 4) is 6.07 Å². The van der Waals surface area contributed by atoms with Crippen LogP contribution in [-0.4, -0.2) is 17.6 Å². The van der Waals surface area contributed by atoms with E-state index in [4.69, 9.17) is 0 Å². The first-order chi connectivity index (χ1) is 13.0. The van der Waals surface area contributed by atoms with Crippen LogP contribution in [0.5, 0.6) is 0 Å². The molecule has 27 heavy (non-hydrogen) atoms. The molecule has 0 aliphatic carbocycles. The van der Waals surface area contributed by atoms with Gasteiger partial charge < -0.3 is 10.6 Å². The molecule has 0 spiro atoms. The summed E-state index contributed by atoms with van der Waals surface area (Å²) < 4.78 is 0. The molecular weight excluding hydrogens is 378 g/mol. The summed E-state index contributed by atoms with van der Waals surface area (Å²) in [6.07, 6.45) is 0.252. The van der Waals surface area contributed by atoms with Gasteiger partial charge in [-0.2, -0.15) is 5.26 Å². The molecule has 0 radical (unpaired) electrons. The standard InChI is InChI=1S/C20H19N3O2S2/c1-12-5-3-6-13(2)19(12)22-18(25)11-27-20-15(10-21)14(9-17(24)23-20)16-7-4-8-26-16/h3-8,14H,9,11H2,1-2H3,(H,22,25)(H,23,24)/t14-/m0/s1. The molecule has 0 bridgehead atoms. The third-order valence-corrected chi connectivity index (χ3v) is 6.34. The second-order valence-corrected chi connectivity index (χ2v) is 8.24. The molecule has 1 aromatic carbocycles. The van der Waals surface area contributed by atoms with Crippen LogP contribution < -0.4 is 10.6 Å². The van der Waals surface area contributed by atoms with E-state index >= 15 is 0 Å². The maximum atomic E-state index is 12.4. The Kier molecular flexibility index (Phi) is 5.99. The summed E-state index contributed by atoms with van der Waals surface area (Å²) >= 11 is 2.72. The van der Waals surface area contributed by atoms with Gasteiger partial charge in [0.05, 0.1) is 22.4 Å². The summed E-state index contributed by atoms with van der Waals surface area (Å²) in [7, 11) is 0. The first kappa shape index (κ1) is 19.2. The number of thioether (sulfide) groups is 1. The Labute approximate surface area is 166 Å². The number of hydrogen-bond acceptors (Lipinski definition) is 5. The van der Waals surface area contributed by atoms with Crippen LogP contribution in [0.4, 0.5) is 5.69 Å². The monoisotopic (exact) mass is 397 g/mol. The SMILES string of the molecule is Cc1cccc(C)c1NC(=O)CSC1=C(C#N)[C@@H](c2cccs2)CC(=O)N1. The Bertz CT molecular complexity index is 922. The van der Waals surface area contributed by atoms with Crippen molar-refractivity contribution in [2.75, 3.05) is 11.1 Å². The van der Waals surface area contributed by atoms with E-state index < -0.39 is 0 Å². The topological polar surface area (TPSA) is 82.0 Å². The van der Waals surface area contributed by atoms with Crippen LogP contribution in [0, 0.1) is 25.2 Å². The number of para-hydroxylation sites is 1. The summed E-state index contributed by atoms with van der Waals surface area (Å²) in [5.74, 6) is -0.432. The molecule has 3 rings (SSSR count). The number of carbonyl (C=O) groups excluding carboxylic acids is 2. The smallest absolute Gasteiger partial charge is 0.234 e. The highest BCUT2D eigenvalue weighted by molar-refractivity contribution is 8.03. The molecule has 7 heteroatoms. The van der Waals surface area contributed by atoms with Gasteiger partial charge in [-0.15, -0.1) is 11.3 Å². The number of aryl methyl sites for hydroxylation is 2. The summed E-state index contributed by atoms with van der Waals surface area (Å²) in [6, 6.07) is 11.9. The average Bonchev–Trinajstić information content (AvgIpc) is 3.17. The van der Waals surface area contributed by atoms with E-state index in [-0.39, 0.29) is 29.9 Å². The number of benzene rings is 1. The number of allylic oxidation sites excluding steroid dienone is 1. The second-order valence-electron chi connectivity index (χ2n) is 6.28. The third-order valence-electron chi connectivity index (χ3n) is 4.34. The van der Waals surface area contributed by atoms with Gasteiger partial charge in [-0.3, -0.25) is 9.59 Å². The zero-order chi connectivity index (χ0) is 19.4. The fourth-order valence-corrected chi connectivity index (χ4v) is 4.70. The number of hydrogen-bond donors (Lipinski definition) is 2. The number of carbonyl (C=O) groups is 2. The zero-order valence-corrected chi connectivity index (χ0v) is 16.7. The number of rotatable bonds is 5. The molecule has 2 heterocycles. The van der Waals surface area contributed by atoms with Crippen molar-refractivity contribution in [3.05, 3.63) is 62.3 Å². The van der Waals surface area contributed by atoms with Gasteiger partial charge in [0.15, 0.2) is 0 Å². The average molecular weight is 398 g/mol. The van der Waals surface area contributed by atoms with Gasteiger partial charge in [-0.25, -0.2) is 0 Å². The predicted octanol–water partition coefficient (Wildman–Crippen LogP) is 4.08. The molecule has 1 aliphatic rings. The van der Waals surface area contributed by atoms with Crippen molar-refractivity contribution < 1.29 is 9.59 Å². The van der Waals surface area contributed by atoms with Crippen LogP contribution in [0.1, 0.15) is 28.3 Å². The first-order valence-corrected chi connectivity index (χ1v) is 10.3. The minimum atomic E-state index is -0.243. The zero-order valence-electron chi connectivity index (χ0n) is 15.0. The minimum Gasteiger partial charge on any atom is -0.325 e. The molecule has 0 saturated carbocycles. The Morgan fingerprint density at radius 3 is 2.70 bits per heavy atom. The van der Waals surface area contributed by atoms with Crippen molar-refractivity contribution in [2.45, 2.75) is 26.2 Å². The van der Waals surface area contributed by atoms with E-state index in [2.05, 4.69) is 16.7 Å². The molecule has 5 nitrogen and oxygen atoms in total. The number of anilines is 1. The van der Waals surface area contributed by atoms with E-state index in [0.717, 1.165) is 21.7 Å². The summed E-state index contributed by atoms with van der Waals surface area (Å²) in [6.45, 7) is 3.89. The lowest BCUT2D eigenvalue weighted by Crippen LogP contribution is -2.31. The highest BCUT2D eigenvalue weighted by Gasteiger charge is 2.30. The molecule has 0 saturated heterocycles. The Morgan fingerprint density at radius 2 is 2.07 bits per heavy atom. The molecule has 1 atom stereocenters. The van der Waals surface area contributed by atoms with E-state index in [9.17, 15) is 14.9 Å². The lowest BCUT2D eigenvalue weighted by molar-refractivity contribution is -0.121. The first-order valence-electron chi connectivity index (χ1n) is 8.46. The van der Waals surface area contributed by atoms with Gasteiger partial charge in [0, 0.05) is 22.9 Å². The molecule has 0 unspecified atom stereocenters. The summed E-state index contributed by atoms with van der Waals surface area (Å²) in [5.41, 5.74) is 3.31. The number of nitrogens with zero attached hydrogens (tertiary/aromatic N) is 1. The Balaban J connectivity index is 1.74. The molecule has 2 amide bonds. The second kappa shape index (κ2) is 8.42. The normalized spacial score (nSPS) is 16.6. The van der Waals surface area contributed by atoms with Crippen LogP contribution in [0.25, 0.3) is 0 Å². The highest BCUT2D eigenvalue weighted by atomic mass is 32.2. The van der Waals surface area contributed by atoms with Gasteiger partial charge in [-0.1, -0.05) is 36.0 Å². The number of nitriles is 1. The van der Waals surface area contributed by atoms with Crippen molar-refractivity contribution in [2.24, 2.45) is 0 Å². The van der Waals surface area contributed by atoms with Crippen LogP contribution in [-0.2, 0) is 9.59 Å². The number of thiophene rings is 1. The van der Waals surface area contributed by atoms with E-state index in [0.29, 0.717) is 10.6 Å². The maximum absolute atomic E-state index is 12.4. The Hall–Kier alpha value is -2.56. The van der Waals surface area contributed by atoms with Crippen LogP contribution in [0.3, 0.4) is 0 Å². The maximum Gasteiger partial charge on any atom is 0.234 e. The number of amides is 2. The van der Waals surface area contributed by atoms with Gasteiger partial charge >= 0.3 is 0 Å². The number of nitrogens with one attached hydrogen (secondary N) is 2. The van der Waals surface area contributed by atoms with Crippen molar-refractivity contribution in [3.63, 3.8) is 0 Å². The van der Waals surface area contributed by atoms with Gasteiger partial charge in [0.2, 0.25) is 11.8 Å². The highest BCUT2D eigenvalue weighted by Crippen LogP contribution is 2.37. The molecular formula is C20H19N3O2S2. The van der Waals surface area contributed by atoms with E-state index in [1.165, 1.54) is 23.1 Å². The summed E-state index contributed by atoms with van der Waals surface area (Å²) in [5, 5.41) is 17.7. The fraction of sp³-hybridized carbons (Fsp3) is 0.250. The van der Waals surface area contributed by atoms with Crippen LogP contribution in [0.15, 0.2) is 46.3 Å². The van der Waals surface area contributed by atoms with Crippen molar-refractivity contribution in [1.29, 1.82) is 5.26 Å². The molecule has 2 aromatic rings. The third kappa shape index (κ3) is 4.41. The minimum absolute atomic E-state index is 0.117. The Morgan fingerprint density at radius 1 is 1.33 bits per heavy atom. The van der Waals surface area contributed by atoms with Crippen LogP contribution in [0.2, 0.25) is 0 Å². The van der Waals surface area contributed by atoms with Gasteiger partial charge in [0.1, 0.15) is 0 Å². The largest absolute Gasteiger partial charge is 0.325 e. The van der Waals surface area contributed by atoms with E-state index in [1.807, 2.05) is 49.6 Å². The van der Waals surface area contributed by atoms with Gasteiger partial charge in [-0.05, 0) is 36.4 Å². The fourth-order valence-electron chi connectivity index (χ4n) is 2.99. The van der Waals surface area contributed by atoms with Crippen LogP contribution >= 0.6 is 23.1 Å². The van der Waals surface area contributed by atoms with Crippen molar-refractivity contribution >= 4 is 40.6 Å².